The Labute approximate surface area is 89.7 Å². The van der Waals surface area contributed by atoms with Crippen molar-refractivity contribution in [3.8, 4) is 0 Å². The van der Waals surface area contributed by atoms with Gasteiger partial charge in [-0.1, -0.05) is 5.21 Å². The maximum absolute atomic E-state index is 9.48. The van der Waals surface area contributed by atoms with E-state index in [1.54, 1.807) is 4.68 Å². The van der Waals surface area contributed by atoms with Crippen LogP contribution in [-0.4, -0.2) is 44.2 Å². The SMILES string of the molecule is CC(O)C1CCN(Cc2cn(C)nn2)C1. The predicted molar refractivity (Wildman–Crippen MR) is 56.1 cm³/mol. The molecule has 1 fully saturated rings. The van der Waals surface area contributed by atoms with E-state index in [1.165, 1.54) is 0 Å². The number of hydrogen-bond acceptors (Lipinski definition) is 4. The van der Waals surface area contributed by atoms with E-state index in [4.69, 9.17) is 0 Å². The molecule has 1 N–H and O–H groups in total. The number of nitrogens with zero attached hydrogens (tertiary/aromatic N) is 4. The lowest BCUT2D eigenvalue weighted by Crippen LogP contribution is -2.24. The van der Waals surface area contributed by atoms with Crippen LogP contribution in [0.1, 0.15) is 19.0 Å². The lowest BCUT2D eigenvalue weighted by atomic mass is 10.0. The number of aliphatic hydroxyl groups is 1. The third kappa shape index (κ3) is 2.54. The Morgan fingerprint density at radius 3 is 3.00 bits per heavy atom. The molecule has 84 valence electrons. The van der Waals surface area contributed by atoms with Crippen LogP contribution in [0.4, 0.5) is 0 Å². The smallest absolute Gasteiger partial charge is 0.0967 e. The van der Waals surface area contributed by atoms with Crippen molar-refractivity contribution in [1.29, 1.82) is 0 Å². The van der Waals surface area contributed by atoms with Gasteiger partial charge in [-0.15, -0.1) is 5.10 Å². The van der Waals surface area contributed by atoms with Crippen molar-refractivity contribution in [2.24, 2.45) is 13.0 Å². The monoisotopic (exact) mass is 210 g/mol. The number of hydrogen-bond donors (Lipinski definition) is 1. The second-order valence-electron chi connectivity index (χ2n) is 4.41. The molecule has 2 atom stereocenters. The number of likely N-dealkylation sites (tertiary alicyclic amines) is 1. The molecule has 0 aliphatic carbocycles. The second kappa shape index (κ2) is 4.28. The highest BCUT2D eigenvalue weighted by Gasteiger charge is 2.26. The van der Waals surface area contributed by atoms with Gasteiger partial charge in [-0.25, -0.2) is 0 Å². The Morgan fingerprint density at radius 2 is 2.47 bits per heavy atom. The Hall–Kier alpha value is -0.940. The van der Waals surface area contributed by atoms with Crippen LogP contribution in [0.2, 0.25) is 0 Å². The molecular formula is C10H18N4O. The van der Waals surface area contributed by atoms with E-state index in [0.717, 1.165) is 31.7 Å². The van der Waals surface area contributed by atoms with E-state index in [-0.39, 0.29) is 6.10 Å². The summed E-state index contributed by atoms with van der Waals surface area (Å²) in [7, 11) is 1.87. The number of aliphatic hydroxyl groups excluding tert-OH is 1. The fourth-order valence-electron chi connectivity index (χ4n) is 2.10. The minimum Gasteiger partial charge on any atom is -0.393 e. The van der Waals surface area contributed by atoms with Crippen molar-refractivity contribution in [1.82, 2.24) is 19.9 Å². The highest BCUT2D eigenvalue weighted by atomic mass is 16.3. The van der Waals surface area contributed by atoms with Crippen LogP contribution in [0, 0.1) is 5.92 Å². The van der Waals surface area contributed by atoms with Gasteiger partial charge >= 0.3 is 0 Å². The third-order valence-electron chi connectivity index (χ3n) is 3.03. The lowest BCUT2D eigenvalue weighted by molar-refractivity contribution is 0.127. The first-order valence-electron chi connectivity index (χ1n) is 5.41. The topological polar surface area (TPSA) is 54.2 Å². The van der Waals surface area contributed by atoms with E-state index >= 15 is 0 Å². The second-order valence-corrected chi connectivity index (χ2v) is 4.41. The summed E-state index contributed by atoms with van der Waals surface area (Å²) in [6.45, 7) is 4.73. The highest BCUT2D eigenvalue weighted by molar-refractivity contribution is 4.93. The van der Waals surface area contributed by atoms with Crippen molar-refractivity contribution in [3.63, 3.8) is 0 Å². The molecular weight excluding hydrogens is 192 g/mol. The van der Waals surface area contributed by atoms with Gasteiger partial charge in [-0.05, 0) is 25.8 Å². The predicted octanol–water partition coefficient (Wildman–Crippen LogP) is 0.0178. The van der Waals surface area contributed by atoms with Crippen LogP contribution in [0.15, 0.2) is 6.20 Å². The first kappa shape index (κ1) is 10.6. The van der Waals surface area contributed by atoms with Gasteiger partial charge in [0.2, 0.25) is 0 Å². The van der Waals surface area contributed by atoms with Gasteiger partial charge in [0.25, 0.3) is 0 Å². The zero-order valence-corrected chi connectivity index (χ0v) is 9.30. The van der Waals surface area contributed by atoms with Crippen LogP contribution in [0.3, 0.4) is 0 Å². The summed E-state index contributed by atoms with van der Waals surface area (Å²) >= 11 is 0. The summed E-state index contributed by atoms with van der Waals surface area (Å²) in [5, 5.41) is 17.4. The molecule has 15 heavy (non-hydrogen) atoms. The van der Waals surface area contributed by atoms with Crippen LogP contribution in [0.5, 0.6) is 0 Å². The largest absolute Gasteiger partial charge is 0.393 e. The van der Waals surface area contributed by atoms with Crippen LogP contribution < -0.4 is 0 Å². The number of aromatic nitrogens is 3. The van der Waals surface area contributed by atoms with E-state index in [2.05, 4.69) is 15.2 Å². The van der Waals surface area contributed by atoms with Gasteiger partial charge in [0.15, 0.2) is 0 Å². The molecule has 2 rings (SSSR count). The molecule has 0 amide bonds. The average Bonchev–Trinajstić information content (AvgIpc) is 2.76. The Morgan fingerprint density at radius 1 is 1.67 bits per heavy atom. The lowest BCUT2D eigenvalue weighted by Gasteiger charge is -2.15. The standard InChI is InChI=1S/C10H18N4O/c1-8(15)9-3-4-14(5-9)7-10-6-13(2)12-11-10/h6,8-9,15H,3-5,7H2,1-2H3. The molecule has 0 radical (unpaired) electrons. The third-order valence-corrected chi connectivity index (χ3v) is 3.03. The molecule has 0 saturated carbocycles. The maximum atomic E-state index is 9.48. The fraction of sp³-hybridized carbons (Fsp3) is 0.800. The van der Waals surface area contributed by atoms with Crippen LogP contribution in [-0.2, 0) is 13.6 Å². The quantitative estimate of drug-likeness (QED) is 0.764. The molecule has 0 spiro atoms. The summed E-state index contributed by atoms with van der Waals surface area (Å²) in [5.41, 5.74) is 1.00. The summed E-state index contributed by atoms with van der Waals surface area (Å²) in [6, 6.07) is 0. The van der Waals surface area contributed by atoms with E-state index in [1.807, 2.05) is 20.2 Å². The van der Waals surface area contributed by atoms with Gasteiger partial charge in [0.1, 0.15) is 0 Å². The van der Waals surface area contributed by atoms with Crippen molar-refractivity contribution < 1.29 is 5.11 Å². The molecule has 1 aliphatic heterocycles. The van der Waals surface area contributed by atoms with Crippen molar-refractivity contribution >= 4 is 0 Å². The molecule has 5 nitrogen and oxygen atoms in total. The van der Waals surface area contributed by atoms with Gasteiger partial charge in [-0.3, -0.25) is 9.58 Å². The van der Waals surface area contributed by atoms with Crippen LogP contribution >= 0.6 is 0 Å². The first-order chi connectivity index (χ1) is 7.15. The molecule has 2 heterocycles. The zero-order valence-electron chi connectivity index (χ0n) is 9.30. The van der Waals surface area contributed by atoms with Crippen LogP contribution in [0.25, 0.3) is 0 Å². The fourth-order valence-corrected chi connectivity index (χ4v) is 2.10. The van der Waals surface area contributed by atoms with E-state index in [0.29, 0.717) is 5.92 Å². The van der Waals surface area contributed by atoms with Gasteiger partial charge in [0, 0.05) is 26.3 Å². The minimum atomic E-state index is -0.197. The van der Waals surface area contributed by atoms with Gasteiger partial charge in [0.05, 0.1) is 11.8 Å². The first-order valence-corrected chi connectivity index (χ1v) is 5.41. The molecule has 0 aromatic carbocycles. The molecule has 1 aliphatic rings. The van der Waals surface area contributed by atoms with Crippen molar-refractivity contribution in [2.75, 3.05) is 13.1 Å². The van der Waals surface area contributed by atoms with Crippen molar-refractivity contribution in [2.45, 2.75) is 26.0 Å². The van der Waals surface area contributed by atoms with E-state index in [9.17, 15) is 5.11 Å². The molecule has 2 unspecified atom stereocenters. The van der Waals surface area contributed by atoms with Gasteiger partial charge < -0.3 is 5.11 Å². The number of rotatable bonds is 3. The molecule has 5 heteroatoms. The Balaban J connectivity index is 1.87. The Kier molecular flexibility index (Phi) is 3.02. The maximum Gasteiger partial charge on any atom is 0.0967 e. The molecule has 1 aromatic rings. The zero-order chi connectivity index (χ0) is 10.8. The Bertz CT molecular complexity index is 323. The summed E-state index contributed by atoms with van der Waals surface area (Å²) < 4.78 is 1.72. The molecule has 1 saturated heterocycles. The number of aryl methyl sites for hydroxylation is 1. The van der Waals surface area contributed by atoms with Crippen molar-refractivity contribution in [3.05, 3.63) is 11.9 Å². The van der Waals surface area contributed by atoms with E-state index < -0.39 is 0 Å². The van der Waals surface area contributed by atoms with Gasteiger partial charge in [-0.2, -0.15) is 0 Å². The molecule has 0 bridgehead atoms. The summed E-state index contributed by atoms with van der Waals surface area (Å²) in [6.07, 6.45) is 2.82. The molecule has 1 aromatic heterocycles. The minimum absolute atomic E-state index is 0.197. The average molecular weight is 210 g/mol. The summed E-state index contributed by atoms with van der Waals surface area (Å²) in [4.78, 5) is 2.32. The highest BCUT2D eigenvalue weighted by Crippen LogP contribution is 2.20. The summed E-state index contributed by atoms with van der Waals surface area (Å²) in [5.74, 6) is 0.418. The normalized spacial score (nSPS) is 24.6.